The van der Waals surface area contributed by atoms with Gasteiger partial charge in [-0.3, -0.25) is 0 Å². The molecule has 0 spiro atoms. The number of aromatic nitrogens is 2. The molecule has 3 aromatic heterocycles. The molecule has 2 aliphatic carbocycles. The van der Waals surface area contributed by atoms with Gasteiger partial charge in [-0.15, -0.1) is 11.3 Å². The summed E-state index contributed by atoms with van der Waals surface area (Å²) in [6, 6.07) is 53.5. The fraction of sp³-hybridized carbons (Fsp3) is 0.234. The second-order valence-electron chi connectivity index (χ2n) is 23.8. The maximum Gasteiger partial charge on any atom is 0.333 e. The Hall–Kier alpha value is -6.89. The maximum absolute atomic E-state index is 6.66. The Morgan fingerprint density at radius 2 is 1.29 bits per heavy atom. The highest BCUT2D eigenvalue weighted by Crippen LogP contribution is 2.58. The normalized spacial score (nSPS) is 16.8. The highest BCUT2D eigenvalue weighted by molar-refractivity contribution is 7.21. The molecule has 5 heterocycles. The van der Waals surface area contributed by atoms with Crippen LogP contribution in [0.2, 0.25) is 0 Å². The zero-order valence-corrected chi connectivity index (χ0v) is 42.2. The zero-order chi connectivity index (χ0) is 47.5. The van der Waals surface area contributed by atoms with Gasteiger partial charge in [-0.1, -0.05) is 141 Å². The maximum atomic E-state index is 6.66. The predicted octanol–water partition coefficient (Wildman–Crippen LogP) is 16.2. The Bertz CT molecular complexity index is 4140. The van der Waals surface area contributed by atoms with Crippen LogP contribution in [-0.2, 0) is 21.7 Å². The van der Waals surface area contributed by atoms with Gasteiger partial charge in [0.05, 0.1) is 21.3 Å². The van der Waals surface area contributed by atoms with Crippen LogP contribution >= 0.6 is 11.3 Å². The number of nitrogens with zero attached hydrogens (tertiary/aromatic N) is 3. The quantitative estimate of drug-likeness (QED) is 0.162. The van der Waals surface area contributed by atoms with Crippen molar-refractivity contribution in [2.24, 2.45) is 0 Å². The summed E-state index contributed by atoms with van der Waals surface area (Å²) in [4.78, 5) is 8.13. The molecule has 0 radical (unpaired) electrons. The largest absolute Gasteiger partial charge is 0.456 e. The van der Waals surface area contributed by atoms with Crippen molar-refractivity contribution in [1.82, 2.24) is 9.55 Å². The zero-order valence-electron chi connectivity index (χ0n) is 41.4. The Labute approximate surface area is 413 Å². The average Bonchev–Trinajstić information content (AvgIpc) is 4.08. The van der Waals surface area contributed by atoms with Crippen molar-refractivity contribution in [3.05, 3.63) is 167 Å². The summed E-state index contributed by atoms with van der Waals surface area (Å²) >= 11 is 1.78. The summed E-state index contributed by atoms with van der Waals surface area (Å²) in [6.45, 7) is 21.6. The van der Waals surface area contributed by atoms with E-state index in [0.29, 0.717) is 0 Å². The van der Waals surface area contributed by atoms with E-state index in [9.17, 15) is 0 Å². The number of para-hydroxylation sites is 1. The standard InChI is InChI=1S/C64H54BN3OS/c1-61(2,3)36-19-21-37(22-20-36)68-53-30-42-41-28-48-49(63(6,7)26-25-62(48,4)5)31-47(41)64(8,9)46(42)29-44(53)39-23-24-40-43-27-45-38-17-13-14-18-55(38)69-56(45)33-52(43)67-54-34-57-51(32-50(54)65(68)58(39)59(40)67)66-60(70-57)35-15-11-10-12-16-35/h10-24,27-34H,25-26H2,1-9H3. The minimum absolute atomic E-state index is 0.0181. The van der Waals surface area contributed by atoms with E-state index >= 15 is 0 Å². The number of furan rings is 1. The van der Waals surface area contributed by atoms with Gasteiger partial charge < -0.3 is 13.8 Å². The number of anilines is 2. The number of fused-ring (bicyclic) bond motifs is 16. The van der Waals surface area contributed by atoms with E-state index < -0.39 is 0 Å². The molecule has 0 bridgehead atoms. The van der Waals surface area contributed by atoms with Crippen molar-refractivity contribution < 1.29 is 4.42 Å². The number of rotatable bonds is 2. The molecule has 11 aromatic rings. The van der Waals surface area contributed by atoms with E-state index in [0.717, 1.165) is 43.5 Å². The highest BCUT2D eigenvalue weighted by atomic mass is 32.1. The monoisotopic (exact) mass is 923 g/mol. The summed E-state index contributed by atoms with van der Waals surface area (Å²) in [5.41, 5.74) is 25.3. The summed E-state index contributed by atoms with van der Waals surface area (Å²) in [5, 5.41) is 5.84. The van der Waals surface area contributed by atoms with Gasteiger partial charge in [0, 0.05) is 61.2 Å². The van der Waals surface area contributed by atoms with Gasteiger partial charge in [0.1, 0.15) is 16.2 Å². The van der Waals surface area contributed by atoms with Crippen molar-refractivity contribution in [3.8, 4) is 38.5 Å². The second-order valence-corrected chi connectivity index (χ2v) is 24.8. The van der Waals surface area contributed by atoms with E-state index in [1.165, 1.54) is 112 Å². The first-order chi connectivity index (χ1) is 33.5. The van der Waals surface area contributed by atoms with E-state index in [-0.39, 0.29) is 28.5 Å². The molecule has 6 heteroatoms. The van der Waals surface area contributed by atoms with Crippen LogP contribution in [-0.4, -0.2) is 16.4 Å². The minimum atomic E-state index is -0.186. The molecule has 0 N–H and O–H groups in total. The summed E-state index contributed by atoms with van der Waals surface area (Å²) < 4.78 is 10.4. The fourth-order valence-electron chi connectivity index (χ4n) is 13.4. The topological polar surface area (TPSA) is 34.2 Å². The van der Waals surface area contributed by atoms with Crippen LogP contribution in [0.5, 0.6) is 0 Å². The average molecular weight is 924 g/mol. The molecular weight excluding hydrogens is 870 g/mol. The molecule has 0 amide bonds. The van der Waals surface area contributed by atoms with Crippen LogP contribution in [0, 0.1) is 0 Å². The molecule has 0 unspecified atom stereocenters. The first-order valence-electron chi connectivity index (χ1n) is 25.3. The molecule has 4 aliphatic rings. The number of thiazole rings is 1. The van der Waals surface area contributed by atoms with Gasteiger partial charge in [-0.25, -0.2) is 4.98 Å². The van der Waals surface area contributed by atoms with Crippen molar-refractivity contribution in [2.75, 3.05) is 4.81 Å². The lowest BCUT2D eigenvalue weighted by atomic mass is 9.44. The molecule has 4 nitrogen and oxygen atoms in total. The molecule has 0 saturated carbocycles. The molecule has 2 aliphatic heterocycles. The van der Waals surface area contributed by atoms with E-state index in [2.05, 4.69) is 211 Å². The van der Waals surface area contributed by atoms with Crippen molar-refractivity contribution in [1.29, 1.82) is 0 Å². The lowest BCUT2D eigenvalue weighted by Gasteiger charge is -2.42. The third-order valence-corrected chi connectivity index (χ3v) is 18.5. The Morgan fingerprint density at radius 3 is 2.06 bits per heavy atom. The van der Waals surface area contributed by atoms with Crippen LogP contribution < -0.4 is 15.7 Å². The molecule has 340 valence electrons. The van der Waals surface area contributed by atoms with Gasteiger partial charge >= 0.3 is 6.85 Å². The molecule has 15 rings (SSSR count). The van der Waals surface area contributed by atoms with Crippen LogP contribution in [0.25, 0.3) is 92.5 Å². The molecular formula is C64H54BN3OS. The van der Waals surface area contributed by atoms with Gasteiger partial charge in [0.2, 0.25) is 0 Å². The van der Waals surface area contributed by atoms with Crippen LogP contribution in [0.15, 0.2) is 144 Å². The first-order valence-corrected chi connectivity index (χ1v) is 26.1. The van der Waals surface area contributed by atoms with Crippen LogP contribution in [0.3, 0.4) is 0 Å². The molecule has 8 aromatic carbocycles. The number of hydrogen-bond acceptors (Lipinski definition) is 4. The van der Waals surface area contributed by atoms with Gasteiger partial charge in [-0.2, -0.15) is 0 Å². The lowest BCUT2D eigenvalue weighted by molar-refractivity contribution is 0.331. The summed E-state index contributed by atoms with van der Waals surface area (Å²) in [6.07, 6.45) is 2.39. The predicted molar refractivity (Wildman–Crippen MR) is 297 cm³/mol. The van der Waals surface area contributed by atoms with Crippen molar-refractivity contribution in [2.45, 2.75) is 96.8 Å². The minimum Gasteiger partial charge on any atom is -0.456 e. The second kappa shape index (κ2) is 13.3. The molecule has 0 saturated heterocycles. The number of hydrogen-bond donors (Lipinski definition) is 0. The third kappa shape index (κ3) is 5.30. The highest BCUT2D eigenvalue weighted by Gasteiger charge is 2.48. The van der Waals surface area contributed by atoms with Gasteiger partial charge in [0.25, 0.3) is 0 Å². The Morgan fingerprint density at radius 1 is 0.586 bits per heavy atom. The molecule has 70 heavy (non-hydrogen) atoms. The SMILES string of the molecule is CC(C)(C)c1ccc(N2B3c4cc5nc(-c6ccccc6)sc5cc4-n4c5cc6oc7ccccc7c6cc5c5ccc(c3c54)-c3cc4c(cc32)-c2cc3c(cc2C4(C)C)C(C)(C)CCC3(C)C)cc1. The van der Waals surface area contributed by atoms with Crippen LogP contribution in [0.4, 0.5) is 11.4 Å². The summed E-state index contributed by atoms with van der Waals surface area (Å²) in [7, 11) is 0. The van der Waals surface area contributed by atoms with Crippen molar-refractivity contribution >= 4 is 94.4 Å². The third-order valence-electron chi connectivity index (χ3n) is 17.4. The van der Waals surface area contributed by atoms with E-state index in [1.807, 2.05) is 0 Å². The summed E-state index contributed by atoms with van der Waals surface area (Å²) in [5.74, 6) is 0. The lowest BCUT2D eigenvalue weighted by Crippen LogP contribution is -2.60. The molecule has 0 fully saturated rings. The Balaban J connectivity index is 1.07. The van der Waals surface area contributed by atoms with Gasteiger partial charge in [0.15, 0.2) is 0 Å². The van der Waals surface area contributed by atoms with Crippen LogP contribution in [0.1, 0.15) is 103 Å². The van der Waals surface area contributed by atoms with Crippen molar-refractivity contribution in [3.63, 3.8) is 0 Å². The Kier molecular flexibility index (Phi) is 7.78. The van der Waals surface area contributed by atoms with E-state index in [4.69, 9.17) is 9.40 Å². The fourth-order valence-corrected chi connectivity index (χ4v) is 14.4. The number of benzene rings is 8. The van der Waals surface area contributed by atoms with Gasteiger partial charge in [-0.05, 0) is 139 Å². The molecule has 0 atom stereocenters. The first kappa shape index (κ1) is 40.9. The van der Waals surface area contributed by atoms with E-state index in [1.54, 1.807) is 11.3 Å². The smallest absolute Gasteiger partial charge is 0.333 e.